The smallest absolute Gasteiger partial charge is 0.233 e. The highest BCUT2D eigenvalue weighted by atomic mass is 16.1. The zero-order chi connectivity index (χ0) is 11.6. The summed E-state index contributed by atoms with van der Waals surface area (Å²) in [4.78, 5) is 11.4. The molecule has 0 aliphatic heterocycles. The zero-order valence-electron chi connectivity index (χ0n) is 9.80. The van der Waals surface area contributed by atoms with Crippen molar-refractivity contribution in [3.8, 4) is 6.07 Å². The maximum absolute atomic E-state index is 11.4. The van der Waals surface area contributed by atoms with E-state index in [4.69, 9.17) is 5.26 Å². The molecular weight excluding hydrogens is 202 g/mol. The molecule has 0 spiro atoms. The van der Waals surface area contributed by atoms with Gasteiger partial charge in [0.25, 0.3) is 0 Å². The average molecular weight is 223 g/mol. The molecule has 4 nitrogen and oxygen atoms in total. The summed E-state index contributed by atoms with van der Waals surface area (Å²) in [6.07, 6.45) is 7.32. The highest BCUT2D eigenvalue weighted by molar-refractivity contribution is 5.77. The molecule has 1 fully saturated rings. The van der Waals surface area contributed by atoms with Crippen LogP contribution in [0.4, 0.5) is 0 Å². The number of rotatable bonds is 7. The van der Waals surface area contributed by atoms with Gasteiger partial charge in [-0.15, -0.1) is 0 Å². The Kier molecular flexibility index (Phi) is 6.59. The van der Waals surface area contributed by atoms with Crippen LogP contribution in [0.1, 0.15) is 44.9 Å². The SMILES string of the molecule is N#CCCCCNC(=O)CNC1CCCC1. The van der Waals surface area contributed by atoms with Gasteiger partial charge in [0.05, 0.1) is 12.6 Å². The second kappa shape index (κ2) is 8.12. The molecule has 0 aromatic carbocycles. The summed E-state index contributed by atoms with van der Waals surface area (Å²) in [6.45, 7) is 1.12. The lowest BCUT2D eigenvalue weighted by Gasteiger charge is -2.11. The molecule has 0 saturated heterocycles. The van der Waals surface area contributed by atoms with Gasteiger partial charge in [-0.05, 0) is 25.7 Å². The average Bonchev–Trinajstić information content (AvgIpc) is 2.79. The fourth-order valence-corrected chi connectivity index (χ4v) is 1.99. The lowest BCUT2D eigenvalue weighted by molar-refractivity contribution is -0.120. The molecule has 1 rings (SSSR count). The largest absolute Gasteiger partial charge is 0.355 e. The van der Waals surface area contributed by atoms with Crippen molar-refractivity contribution in [1.29, 1.82) is 5.26 Å². The van der Waals surface area contributed by atoms with Crippen LogP contribution in [0.3, 0.4) is 0 Å². The number of carbonyl (C=O) groups is 1. The lowest BCUT2D eigenvalue weighted by atomic mass is 10.2. The van der Waals surface area contributed by atoms with E-state index < -0.39 is 0 Å². The number of amides is 1. The minimum absolute atomic E-state index is 0.0730. The summed E-state index contributed by atoms with van der Waals surface area (Å²) in [5.74, 6) is 0.0730. The van der Waals surface area contributed by atoms with Crippen LogP contribution in [0, 0.1) is 11.3 Å². The second-order valence-corrected chi connectivity index (χ2v) is 4.33. The van der Waals surface area contributed by atoms with Crippen LogP contribution < -0.4 is 10.6 Å². The monoisotopic (exact) mass is 223 g/mol. The van der Waals surface area contributed by atoms with Gasteiger partial charge in [-0.2, -0.15) is 5.26 Å². The molecule has 0 aromatic rings. The molecule has 0 heterocycles. The molecule has 1 aliphatic carbocycles. The van der Waals surface area contributed by atoms with Gasteiger partial charge in [-0.3, -0.25) is 4.79 Å². The summed E-state index contributed by atoms with van der Waals surface area (Å²) >= 11 is 0. The molecule has 0 atom stereocenters. The van der Waals surface area contributed by atoms with Crippen LogP contribution in [0.5, 0.6) is 0 Å². The third-order valence-corrected chi connectivity index (χ3v) is 2.94. The Hall–Kier alpha value is -1.08. The van der Waals surface area contributed by atoms with Gasteiger partial charge < -0.3 is 10.6 Å². The normalized spacial score (nSPS) is 15.9. The van der Waals surface area contributed by atoms with Crippen LogP contribution in [-0.2, 0) is 4.79 Å². The van der Waals surface area contributed by atoms with Gasteiger partial charge in [0.1, 0.15) is 0 Å². The molecule has 0 aromatic heterocycles. The number of hydrogen-bond acceptors (Lipinski definition) is 3. The minimum atomic E-state index is 0.0730. The number of nitrogens with zero attached hydrogens (tertiary/aromatic N) is 1. The van der Waals surface area contributed by atoms with E-state index in [1.807, 2.05) is 0 Å². The molecule has 4 heteroatoms. The van der Waals surface area contributed by atoms with Gasteiger partial charge in [0.2, 0.25) is 5.91 Å². The molecule has 90 valence electrons. The highest BCUT2D eigenvalue weighted by Gasteiger charge is 2.14. The molecule has 0 unspecified atom stereocenters. The van der Waals surface area contributed by atoms with Crippen molar-refractivity contribution in [2.45, 2.75) is 51.0 Å². The Morgan fingerprint density at radius 3 is 2.75 bits per heavy atom. The summed E-state index contributed by atoms with van der Waals surface area (Å²) in [5.41, 5.74) is 0. The van der Waals surface area contributed by atoms with Crippen molar-refractivity contribution in [2.24, 2.45) is 0 Å². The number of hydrogen-bond donors (Lipinski definition) is 2. The molecule has 1 amide bonds. The van der Waals surface area contributed by atoms with Gasteiger partial charge in [-0.1, -0.05) is 12.8 Å². The Morgan fingerprint density at radius 2 is 2.06 bits per heavy atom. The van der Waals surface area contributed by atoms with E-state index in [0.717, 1.165) is 12.8 Å². The topological polar surface area (TPSA) is 64.9 Å². The van der Waals surface area contributed by atoms with E-state index >= 15 is 0 Å². The highest BCUT2D eigenvalue weighted by Crippen LogP contribution is 2.17. The van der Waals surface area contributed by atoms with Crippen LogP contribution in [0.15, 0.2) is 0 Å². The van der Waals surface area contributed by atoms with E-state index in [9.17, 15) is 4.79 Å². The predicted molar refractivity (Wildman–Crippen MR) is 62.7 cm³/mol. The maximum atomic E-state index is 11.4. The second-order valence-electron chi connectivity index (χ2n) is 4.33. The molecule has 16 heavy (non-hydrogen) atoms. The first-order valence-electron chi connectivity index (χ1n) is 6.20. The summed E-state index contributed by atoms with van der Waals surface area (Å²) in [5, 5.41) is 14.5. The number of unbranched alkanes of at least 4 members (excludes halogenated alkanes) is 2. The molecule has 0 radical (unpaired) electrons. The third-order valence-electron chi connectivity index (χ3n) is 2.94. The van der Waals surface area contributed by atoms with Gasteiger partial charge in [-0.25, -0.2) is 0 Å². The number of carbonyl (C=O) groups excluding carboxylic acids is 1. The van der Waals surface area contributed by atoms with Gasteiger partial charge in [0.15, 0.2) is 0 Å². The fourth-order valence-electron chi connectivity index (χ4n) is 1.99. The van der Waals surface area contributed by atoms with Crippen molar-refractivity contribution in [2.75, 3.05) is 13.1 Å². The van der Waals surface area contributed by atoms with E-state index in [-0.39, 0.29) is 5.91 Å². The standard InChI is InChI=1S/C12H21N3O/c13-8-4-1-5-9-14-12(16)10-15-11-6-2-3-7-11/h11,15H,1-7,9-10H2,(H,14,16). The van der Waals surface area contributed by atoms with Crippen molar-refractivity contribution >= 4 is 5.91 Å². The van der Waals surface area contributed by atoms with Crippen molar-refractivity contribution < 1.29 is 4.79 Å². The van der Waals surface area contributed by atoms with E-state index in [1.54, 1.807) is 0 Å². The van der Waals surface area contributed by atoms with Crippen molar-refractivity contribution in [1.82, 2.24) is 10.6 Å². The minimum Gasteiger partial charge on any atom is -0.355 e. The third kappa shape index (κ3) is 5.72. The summed E-state index contributed by atoms with van der Waals surface area (Å²) in [6, 6.07) is 2.64. The molecule has 0 bridgehead atoms. The summed E-state index contributed by atoms with van der Waals surface area (Å²) < 4.78 is 0. The van der Waals surface area contributed by atoms with Crippen LogP contribution in [0.2, 0.25) is 0 Å². The Balaban J connectivity index is 1.92. The lowest BCUT2D eigenvalue weighted by Crippen LogP contribution is -2.38. The predicted octanol–water partition coefficient (Wildman–Crippen LogP) is 1.33. The van der Waals surface area contributed by atoms with Crippen molar-refractivity contribution in [3.05, 3.63) is 0 Å². The first kappa shape index (κ1) is 13.0. The fraction of sp³-hybridized carbons (Fsp3) is 0.833. The first-order chi connectivity index (χ1) is 7.83. The van der Waals surface area contributed by atoms with Crippen molar-refractivity contribution in [3.63, 3.8) is 0 Å². The molecule has 2 N–H and O–H groups in total. The zero-order valence-corrected chi connectivity index (χ0v) is 9.80. The Labute approximate surface area is 97.4 Å². The van der Waals surface area contributed by atoms with Crippen LogP contribution in [-0.4, -0.2) is 25.0 Å². The van der Waals surface area contributed by atoms with E-state index in [2.05, 4.69) is 16.7 Å². The Bertz CT molecular complexity index is 241. The van der Waals surface area contributed by atoms with Crippen LogP contribution in [0.25, 0.3) is 0 Å². The van der Waals surface area contributed by atoms with E-state index in [0.29, 0.717) is 25.6 Å². The van der Waals surface area contributed by atoms with Crippen LogP contribution >= 0.6 is 0 Å². The van der Waals surface area contributed by atoms with Gasteiger partial charge >= 0.3 is 0 Å². The molecule has 1 aliphatic rings. The maximum Gasteiger partial charge on any atom is 0.233 e. The quantitative estimate of drug-likeness (QED) is 0.640. The van der Waals surface area contributed by atoms with Gasteiger partial charge in [0, 0.05) is 19.0 Å². The molecule has 1 saturated carbocycles. The Morgan fingerprint density at radius 1 is 1.31 bits per heavy atom. The molecular formula is C12H21N3O. The summed E-state index contributed by atoms with van der Waals surface area (Å²) in [7, 11) is 0. The number of nitriles is 1. The first-order valence-corrected chi connectivity index (χ1v) is 6.20. The number of nitrogens with one attached hydrogen (secondary N) is 2. The van der Waals surface area contributed by atoms with E-state index in [1.165, 1.54) is 25.7 Å².